The van der Waals surface area contributed by atoms with E-state index in [-0.39, 0.29) is 41.9 Å². The van der Waals surface area contributed by atoms with Crippen LogP contribution in [0.4, 0.5) is 4.79 Å². The van der Waals surface area contributed by atoms with Crippen LogP contribution in [0.25, 0.3) is 0 Å². The zero-order valence-electron chi connectivity index (χ0n) is 33.5. The second-order valence-electron chi connectivity index (χ2n) is 19.8. The molecule has 10 saturated heterocycles. The number of hydrogen-bond donors (Lipinski definition) is 1. The van der Waals surface area contributed by atoms with E-state index in [1.807, 2.05) is 18.7 Å². The van der Waals surface area contributed by atoms with E-state index >= 15 is 0 Å². The molecule has 2 aliphatic carbocycles. The topological polar surface area (TPSA) is 125 Å². The summed E-state index contributed by atoms with van der Waals surface area (Å²) in [5.41, 5.74) is -1.97. The van der Waals surface area contributed by atoms with Crippen LogP contribution in [0.3, 0.4) is 0 Å². The van der Waals surface area contributed by atoms with Crippen molar-refractivity contribution in [3.8, 4) is 0 Å². The third-order valence-electron chi connectivity index (χ3n) is 16.8. The maximum absolute atomic E-state index is 12.6. The number of hydrogen-bond acceptors (Lipinski definition) is 11. The number of carbonyl (C=O) groups excluding carboxylic acids is 1. The van der Waals surface area contributed by atoms with Gasteiger partial charge in [0.1, 0.15) is 0 Å². The van der Waals surface area contributed by atoms with Gasteiger partial charge in [-0.25, -0.2) is 24.3 Å². The van der Waals surface area contributed by atoms with Gasteiger partial charge in [0.2, 0.25) is 11.6 Å². The Kier molecular flexibility index (Phi) is 8.73. The molecule has 0 aromatic rings. The van der Waals surface area contributed by atoms with Crippen LogP contribution in [-0.2, 0) is 48.0 Å². The number of likely N-dealkylation sites (tertiary alicyclic amines) is 1. The van der Waals surface area contributed by atoms with Crippen molar-refractivity contribution in [3.63, 3.8) is 0 Å². The maximum Gasteiger partial charge on any atom is 0.317 e. The lowest BCUT2D eigenvalue weighted by atomic mass is 9.56. The number of carbonyl (C=O) groups is 1. The van der Waals surface area contributed by atoms with Gasteiger partial charge >= 0.3 is 6.03 Å². The molecule has 16 atom stereocenters. The molecule has 12 rings (SSSR count). The number of fused-ring (bicyclic) bond motifs is 4. The lowest BCUT2D eigenvalue weighted by Gasteiger charge is -2.61. The predicted octanol–water partition coefficient (Wildman–Crippen LogP) is 6.18. The summed E-state index contributed by atoms with van der Waals surface area (Å²) in [6, 6.07) is -0.0683. The molecule has 13 nitrogen and oxygen atoms in total. The van der Waals surface area contributed by atoms with E-state index in [2.05, 4.69) is 33.0 Å². The Hall–Kier alpha value is -1.13. The van der Waals surface area contributed by atoms with Gasteiger partial charge in [-0.15, -0.1) is 0 Å². The first-order chi connectivity index (χ1) is 25.8. The monoisotopic (exact) mass is 760 g/mol. The third kappa shape index (κ3) is 5.34. The first kappa shape index (κ1) is 37.2. The smallest absolute Gasteiger partial charge is 0.317 e. The maximum atomic E-state index is 12.6. The molecule has 1 N–H and O–H groups in total. The van der Waals surface area contributed by atoms with E-state index in [4.69, 9.17) is 48.0 Å². The molecule has 0 aromatic carbocycles. The average molecular weight is 761 g/mol. The van der Waals surface area contributed by atoms with Gasteiger partial charge in [-0.1, -0.05) is 27.7 Å². The van der Waals surface area contributed by atoms with E-state index in [1.165, 1.54) is 0 Å². The number of nitrogens with zero attached hydrogens (tertiary/aromatic N) is 1. The zero-order chi connectivity index (χ0) is 37.5. The molecule has 3 spiro atoms. The molecule has 0 aromatic heterocycles. The molecule has 0 radical (unpaired) electrons. The third-order valence-corrected chi connectivity index (χ3v) is 16.8. The minimum atomic E-state index is -0.840. The summed E-state index contributed by atoms with van der Waals surface area (Å²) in [5, 5.41) is 2.78. The second kappa shape index (κ2) is 12.7. The lowest BCUT2D eigenvalue weighted by Crippen LogP contribution is -2.71. The standard InChI is InChI=1S/C41H64N2O11/c1-23-8-10-29-25(3)31(46-33-40(29)27(23)12-14-36(5,48-33)51-53-40)20-38(22-45-39(50-38)16-18-43(19-17-39)35(44)42-7)21-32-26(4)30-11-9-24(2)28-13-15-37(6)49-34(47-32)41(28,30)54-52-37/h23-34H,8-22H2,1-7H3,(H,42,44)/t23-,24-,25-,26-,27+,28+,29+,30+,31-,32-,33-,34-,36-,37-,40-,41-/m1/s1. The summed E-state index contributed by atoms with van der Waals surface area (Å²) in [6.07, 6.45) is 9.01. The van der Waals surface area contributed by atoms with Crippen LogP contribution in [0.1, 0.15) is 119 Å². The van der Waals surface area contributed by atoms with Crippen LogP contribution in [0, 0.1) is 47.3 Å². The normalized spacial score (nSPS) is 54.0. The average Bonchev–Trinajstić information content (AvgIpc) is 3.27. The largest absolute Gasteiger partial charge is 0.347 e. The molecule has 12 aliphatic rings. The molecule has 304 valence electrons. The van der Waals surface area contributed by atoms with Gasteiger partial charge in [0.25, 0.3) is 0 Å². The van der Waals surface area contributed by atoms with Crippen molar-refractivity contribution in [1.82, 2.24) is 10.2 Å². The number of nitrogens with one attached hydrogen (secondary N) is 1. The van der Waals surface area contributed by atoms with Gasteiger partial charge in [-0.05, 0) is 87.9 Å². The first-order valence-corrected chi connectivity index (χ1v) is 21.5. The lowest BCUT2D eigenvalue weighted by molar-refractivity contribution is -0.572. The predicted molar refractivity (Wildman–Crippen MR) is 191 cm³/mol. The van der Waals surface area contributed by atoms with E-state index in [0.717, 1.165) is 51.4 Å². The quantitative estimate of drug-likeness (QED) is 0.330. The van der Waals surface area contributed by atoms with Crippen molar-refractivity contribution in [2.24, 2.45) is 47.3 Å². The summed E-state index contributed by atoms with van der Waals surface area (Å²) < 4.78 is 42.3. The SMILES string of the molecule is CNC(=O)N1CCC2(CC1)OCC(C[C@H]1O[C@@H]3O[C@@]4(C)CC[C@H]5[C@H](C)CC[C@@H]([C@H]1C)[C@@]35OO4)(C[C@H]1O[C@@H]3O[C@@]4(C)CC[C@H]5[C@H](C)CC[C@@H]([C@H]1C)[C@@]35OO4)O2. The summed E-state index contributed by atoms with van der Waals surface area (Å²) in [5.74, 6) is -0.109. The van der Waals surface area contributed by atoms with Crippen LogP contribution in [0.2, 0.25) is 0 Å². The highest BCUT2D eigenvalue weighted by molar-refractivity contribution is 5.73. The van der Waals surface area contributed by atoms with Crippen molar-refractivity contribution in [1.29, 1.82) is 0 Å². The summed E-state index contributed by atoms with van der Waals surface area (Å²) >= 11 is 0. The summed E-state index contributed by atoms with van der Waals surface area (Å²) in [7, 11) is 1.68. The van der Waals surface area contributed by atoms with Crippen molar-refractivity contribution in [2.75, 3.05) is 26.7 Å². The fraction of sp³-hybridized carbons (Fsp3) is 0.976. The van der Waals surface area contributed by atoms with Gasteiger partial charge in [0.15, 0.2) is 29.6 Å². The van der Waals surface area contributed by atoms with Crippen LogP contribution >= 0.6 is 0 Å². The van der Waals surface area contributed by atoms with E-state index in [9.17, 15) is 4.79 Å². The number of rotatable bonds is 4. The van der Waals surface area contributed by atoms with Crippen molar-refractivity contribution in [3.05, 3.63) is 0 Å². The fourth-order valence-corrected chi connectivity index (χ4v) is 13.6. The first-order valence-electron chi connectivity index (χ1n) is 21.5. The summed E-state index contributed by atoms with van der Waals surface area (Å²) in [4.78, 5) is 39.7. The van der Waals surface area contributed by atoms with Crippen molar-refractivity contribution >= 4 is 6.03 Å². The molecule has 0 unspecified atom stereocenters. The highest BCUT2D eigenvalue weighted by atomic mass is 17.3. The Morgan fingerprint density at radius 2 is 1.17 bits per heavy atom. The Balaban J connectivity index is 0.971. The second-order valence-corrected chi connectivity index (χ2v) is 19.8. The molecule has 12 fully saturated rings. The molecule has 54 heavy (non-hydrogen) atoms. The van der Waals surface area contributed by atoms with Crippen LogP contribution in [-0.4, -0.2) is 96.6 Å². The zero-order valence-corrected chi connectivity index (χ0v) is 33.5. The van der Waals surface area contributed by atoms with Gasteiger partial charge < -0.3 is 38.6 Å². The molecule has 4 bridgehead atoms. The Morgan fingerprint density at radius 3 is 1.65 bits per heavy atom. The molecule has 10 heterocycles. The minimum Gasteiger partial charge on any atom is -0.347 e. The van der Waals surface area contributed by atoms with Gasteiger partial charge in [0.05, 0.1) is 24.4 Å². The van der Waals surface area contributed by atoms with Crippen molar-refractivity contribution in [2.45, 2.75) is 178 Å². The Labute approximate surface area is 320 Å². The molecule has 2 amide bonds. The van der Waals surface area contributed by atoms with Crippen LogP contribution in [0.5, 0.6) is 0 Å². The molecule has 2 saturated carbocycles. The van der Waals surface area contributed by atoms with Gasteiger partial charge in [-0.3, -0.25) is 0 Å². The fourth-order valence-electron chi connectivity index (χ4n) is 13.6. The van der Waals surface area contributed by atoms with Crippen LogP contribution < -0.4 is 5.32 Å². The molecule has 13 heteroatoms. The van der Waals surface area contributed by atoms with Crippen LogP contribution in [0.15, 0.2) is 0 Å². The molecular formula is C41H64N2O11. The molecule has 10 aliphatic heterocycles. The van der Waals surface area contributed by atoms with Gasteiger partial charge in [-0.2, -0.15) is 0 Å². The highest BCUT2D eigenvalue weighted by Crippen LogP contribution is 2.64. The van der Waals surface area contributed by atoms with E-state index < -0.39 is 46.7 Å². The number of urea groups is 1. The van der Waals surface area contributed by atoms with E-state index in [1.54, 1.807) is 7.05 Å². The van der Waals surface area contributed by atoms with Gasteiger partial charge in [0, 0.05) is 70.5 Å². The number of amides is 2. The van der Waals surface area contributed by atoms with Crippen molar-refractivity contribution < 1.29 is 52.8 Å². The molecular weight excluding hydrogens is 696 g/mol. The Bertz CT molecular complexity index is 1400. The number of ether oxygens (including phenoxy) is 6. The number of piperidine rings is 1. The van der Waals surface area contributed by atoms with E-state index in [0.29, 0.717) is 69.1 Å². The summed E-state index contributed by atoms with van der Waals surface area (Å²) in [6.45, 7) is 14.9. The Morgan fingerprint density at radius 1 is 0.667 bits per heavy atom. The minimum absolute atomic E-state index is 0.0683. The highest BCUT2D eigenvalue weighted by Gasteiger charge is 2.72.